The predicted molar refractivity (Wildman–Crippen MR) is 294 cm³/mol. The van der Waals surface area contributed by atoms with Crippen LogP contribution in [0.3, 0.4) is 0 Å². The van der Waals surface area contributed by atoms with E-state index in [2.05, 4.69) is 55.3 Å². The second-order valence-electron chi connectivity index (χ2n) is 21.8. The Hall–Kier alpha value is -7.30. The van der Waals surface area contributed by atoms with Crippen LogP contribution in [0.15, 0.2) is 79.0 Å². The van der Waals surface area contributed by atoms with Gasteiger partial charge in [-0.2, -0.15) is 5.10 Å². The minimum Gasteiger partial charge on any atom is -0.377 e. The first kappa shape index (κ1) is 51.5. The summed E-state index contributed by atoms with van der Waals surface area (Å²) in [5.74, 6) is 7.82. The van der Waals surface area contributed by atoms with Crippen molar-refractivity contribution < 1.29 is 38.2 Å². The monoisotopic (exact) mass is 1070 g/mol. The number of amides is 5. The number of pyridine rings is 1. The normalized spacial score (nSPS) is 22.0. The number of carbonyl (C=O) groups excluding carboxylic acids is 5. The lowest BCUT2D eigenvalue weighted by Crippen LogP contribution is -2.52. The van der Waals surface area contributed by atoms with E-state index in [0.29, 0.717) is 85.7 Å². The van der Waals surface area contributed by atoms with E-state index in [4.69, 9.17) is 24.3 Å². The SMILES string of the molecule is Cc1c(-c2ccc(N3CCc4cccc(C(=O)Nc5nc6ccccc6s5)c4C3)nc2C(=O)NCCOCCOCCOCC#Cc2cccc3c2CN(C2CCC(=O)NC2=O)C3=O)cnn1CC12CCC3CC(CC3C1)C2. The van der Waals surface area contributed by atoms with E-state index in [1.54, 1.807) is 12.1 Å². The Kier molecular flexibility index (Phi) is 14.7. The maximum Gasteiger partial charge on any atom is 0.270 e. The van der Waals surface area contributed by atoms with Crippen LogP contribution in [0, 0.1) is 41.9 Å². The standard InChI is InChI=1S/C60H63N9O8S/c1-37-46(33-62-69(37)36-60-20-18-41-29-38(31-60)30-42(41)32-60)43-14-16-52(67-22-19-40-8-4-10-44(47(40)34-67)55(71)66-59-63-49-12-2-3-13-51(49)78-59)64-54(43)57(73)61-21-24-76-26-28-77-27-25-75-23-6-9-39-7-5-11-45-48(39)35-68(58(45)74)50-15-17-53(70)65-56(50)72/h2-5,7-8,10-14,16,33,38,41-42,50H,15,17-32,34-36H2,1H3,(H,61,73)(H,63,66,71)(H,65,70,72). The Morgan fingerprint density at radius 1 is 0.821 bits per heavy atom. The highest BCUT2D eigenvalue weighted by Gasteiger charge is 2.52. The van der Waals surface area contributed by atoms with Crippen molar-refractivity contribution in [3.8, 4) is 23.0 Å². The fourth-order valence-corrected chi connectivity index (χ4v) is 14.1. The van der Waals surface area contributed by atoms with E-state index in [9.17, 15) is 24.0 Å². The average molecular weight is 1070 g/mol. The number of imide groups is 1. The molecule has 12 rings (SSSR count). The Morgan fingerprint density at radius 2 is 1.65 bits per heavy atom. The van der Waals surface area contributed by atoms with Crippen LogP contribution in [0.1, 0.15) is 111 Å². The number of carbonyl (C=O) groups is 5. The Morgan fingerprint density at radius 3 is 2.53 bits per heavy atom. The molecule has 6 aliphatic rings. The molecule has 3 aromatic heterocycles. The van der Waals surface area contributed by atoms with Gasteiger partial charge in [-0.25, -0.2) is 9.97 Å². The summed E-state index contributed by atoms with van der Waals surface area (Å²) in [7, 11) is 0. The molecule has 3 N–H and O–H groups in total. The van der Waals surface area contributed by atoms with Crippen molar-refractivity contribution in [2.24, 2.45) is 23.2 Å². The minimum absolute atomic E-state index is 0.162. The first-order chi connectivity index (χ1) is 38.1. The minimum atomic E-state index is -0.687. The molecule has 402 valence electrons. The number of thiazole rings is 1. The molecule has 3 aliphatic carbocycles. The summed E-state index contributed by atoms with van der Waals surface area (Å²) in [6.07, 6.45) is 11.0. The molecule has 6 heterocycles. The third kappa shape index (κ3) is 10.6. The number of anilines is 2. The number of ether oxygens (including phenoxy) is 3. The number of fused-ring (bicyclic) bond motifs is 5. The van der Waals surface area contributed by atoms with Crippen LogP contribution in [0.25, 0.3) is 21.3 Å². The van der Waals surface area contributed by atoms with Crippen molar-refractivity contribution in [3.63, 3.8) is 0 Å². The van der Waals surface area contributed by atoms with Crippen LogP contribution in [0.4, 0.5) is 10.9 Å². The van der Waals surface area contributed by atoms with Crippen LogP contribution in [0.5, 0.6) is 0 Å². The second kappa shape index (κ2) is 22.2. The number of hydrogen-bond acceptors (Lipinski definition) is 13. The van der Waals surface area contributed by atoms with Gasteiger partial charge in [0.05, 0.1) is 49.4 Å². The van der Waals surface area contributed by atoms with Gasteiger partial charge in [0, 0.05) is 72.7 Å². The molecule has 5 amide bonds. The maximum absolute atomic E-state index is 14.4. The molecule has 0 radical (unpaired) electrons. The summed E-state index contributed by atoms with van der Waals surface area (Å²) in [5, 5.41) is 14.0. The fourth-order valence-electron chi connectivity index (χ4n) is 13.3. The molecule has 6 aromatic rings. The van der Waals surface area contributed by atoms with Gasteiger partial charge in [0.15, 0.2) is 5.13 Å². The highest BCUT2D eigenvalue weighted by atomic mass is 32.1. The lowest BCUT2D eigenvalue weighted by molar-refractivity contribution is -0.136. The van der Waals surface area contributed by atoms with Gasteiger partial charge >= 0.3 is 0 Å². The topological polar surface area (TPSA) is 199 Å². The third-order valence-electron chi connectivity index (χ3n) is 17.0. The zero-order chi connectivity index (χ0) is 53.3. The van der Waals surface area contributed by atoms with E-state index >= 15 is 0 Å². The Labute approximate surface area is 456 Å². The average Bonchev–Trinajstić information content (AvgIpc) is 4.32. The highest BCUT2D eigenvalue weighted by molar-refractivity contribution is 7.22. The molecule has 0 spiro atoms. The summed E-state index contributed by atoms with van der Waals surface area (Å²) in [6, 6.07) is 22.3. The third-order valence-corrected chi connectivity index (χ3v) is 17.9. The number of nitrogens with zero attached hydrogens (tertiary/aromatic N) is 6. The Balaban J connectivity index is 0.653. The summed E-state index contributed by atoms with van der Waals surface area (Å²) in [5.41, 5.74) is 8.67. The number of hydrogen-bond donors (Lipinski definition) is 3. The summed E-state index contributed by atoms with van der Waals surface area (Å²) in [4.78, 5) is 79.0. The van der Waals surface area contributed by atoms with Gasteiger partial charge in [0.25, 0.3) is 17.7 Å². The molecule has 5 atom stereocenters. The van der Waals surface area contributed by atoms with Gasteiger partial charge in [0.1, 0.15) is 24.2 Å². The smallest absolute Gasteiger partial charge is 0.270 e. The Bertz CT molecular complexity index is 3360. The van der Waals surface area contributed by atoms with Gasteiger partial charge in [-0.05, 0) is 141 Å². The molecule has 18 heteroatoms. The molecule has 3 bridgehead atoms. The van der Waals surface area contributed by atoms with Crippen molar-refractivity contribution in [2.45, 2.75) is 90.4 Å². The van der Waals surface area contributed by atoms with Crippen LogP contribution >= 0.6 is 11.3 Å². The van der Waals surface area contributed by atoms with Crippen LogP contribution < -0.4 is 20.9 Å². The van der Waals surface area contributed by atoms with Crippen LogP contribution in [-0.4, -0.2) is 113 Å². The molecule has 1 saturated heterocycles. The van der Waals surface area contributed by atoms with E-state index in [1.807, 2.05) is 60.8 Å². The largest absolute Gasteiger partial charge is 0.377 e. The quantitative estimate of drug-likeness (QED) is 0.0436. The van der Waals surface area contributed by atoms with Crippen molar-refractivity contribution in [1.29, 1.82) is 0 Å². The number of piperidine rings is 1. The van der Waals surface area contributed by atoms with Crippen molar-refractivity contribution >= 4 is 62.0 Å². The molecular weight excluding hydrogens is 1010 g/mol. The molecule has 4 fully saturated rings. The van der Waals surface area contributed by atoms with Crippen LogP contribution in [-0.2, 0) is 49.9 Å². The number of rotatable bonds is 18. The van der Waals surface area contributed by atoms with Crippen molar-refractivity contribution in [3.05, 3.63) is 124 Å². The number of benzene rings is 3. The van der Waals surface area contributed by atoms with Gasteiger partial charge < -0.3 is 29.3 Å². The highest BCUT2D eigenvalue weighted by Crippen LogP contribution is 2.61. The first-order valence-corrected chi connectivity index (χ1v) is 28.2. The number of nitrogens with one attached hydrogen (secondary N) is 3. The second-order valence-corrected chi connectivity index (χ2v) is 22.8. The summed E-state index contributed by atoms with van der Waals surface area (Å²) >= 11 is 1.45. The van der Waals surface area contributed by atoms with Crippen LogP contribution in [0.2, 0.25) is 0 Å². The molecule has 78 heavy (non-hydrogen) atoms. The molecule has 3 saturated carbocycles. The lowest BCUT2D eigenvalue weighted by Gasteiger charge is -2.45. The fraction of sp³-hybridized carbons (Fsp3) is 0.433. The van der Waals surface area contributed by atoms with Crippen molar-refractivity contribution in [1.82, 2.24) is 35.3 Å². The molecular formula is C60H63N9O8S. The summed E-state index contributed by atoms with van der Waals surface area (Å²) < 4.78 is 20.4. The number of para-hydroxylation sites is 1. The van der Waals surface area contributed by atoms with Crippen molar-refractivity contribution in [2.75, 3.05) is 62.9 Å². The van der Waals surface area contributed by atoms with Gasteiger partial charge in [-0.3, -0.25) is 39.3 Å². The number of aromatic nitrogens is 4. The van der Waals surface area contributed by atoms with E-state index in [1.165, 1.54) is 54.8 Å². The molecule has 3 aromatic carbocycles. The van der Waals surface area contributed by atoms with Gasteiger partial charge in [-0.15, -0.1) is 0 Å². The first-order valence-electron chi connectivity index (χ1n) is 27.4. The van der Waals surface area contributed by atoms with Gasteiger partial charge in [0.2, 0.25) is 11.8 Å². The molecule has 3 aliphatic heterocycles. The molecule has 17 nitrogen and oxygen atoms in total. The molecule has 5 unspecified atom stereocenters. The van der Waals surface area contributed by atoms with Gasteiger partial charge in [-0.1, -0.05) is 53.5 Å². The van der Waals surface area contributed by atoms with E-state index < -0.39 is 11.9 Å². The predicted octanol–water partition coefficient (Wildman–Crippen LogP) is 7.49. The van der Waals surface area contributed by atoms with E-state index in [0.717, 1.165) is 68.0 Å². The zero-order valence-electron chi connectivity index (χ0n) is 43.8. The zero-order valence-corrected chi connectivity index (χ0v) is 44.6. The summed E-state index contributed by atoms with van der Waals surface area (Å²) in [6.45, 7) is 6.37. The maximum atomic E-state index is 14.4. The lowest BCUT2D eigenvalue weighted by atomic mass is 9.62. The van der Waals surface area contributed by atoms with E-state index in [-0.39, 0.29) is 61.8 Å².